The van der Waals surface area contributed by atoms with E-state index in [-0.39, 0.29) is 31.0 Å². The number of nitrogens with zero attached hydrogens (tertiary/aromatic N) is 1. The van der Waals surface area contributed by atoms with Gasteiger partial charge in [0.05, 0.1) is 12.2 Å². The molecule has 1 fully saturated rings. The lowest BCUT2D eigenvalue weighted by molar-refractivity contribution is -0.140. The lowest BCUT2D eigenvalue weighted by atomic mass is 9.88. The lowest BCUT2D eigenvalue weighted by Gasteiger charge is -2.36. The molecule has 0 saturated heterocycles. The number of hydrogen-bond donors (Lipinski definition) is 2. The molecule has 3 aromatic rings. The number of halogens is 5. The molecule has 9 heteroatoms. The summed E-state index contributed by atoms with van der Waals surface area (Å²) in [7, 11) is 0. The Bertz CT molecular complexity index is 1100. The van der Waals surface area contributed by atoms with Crippen LogP contribution in [0.1, 0.15) is 29.5 Å². The minimum Gasteiger partial charge on any atom is -0.490 e. The van der Waals surface area contributed by atoms with Gasteiger partial charge in [0.2, 0.25) is 0 Å². The fourth-order valence-electron chi connectivity index (χ4n) is 3.73. The van der Waals surface area contributed by atoms with Crippen molar-refractivity contribution in [3.63, 3.8) is 0 Å². The summed E-state index contributed by atoms with van der Waals surface area (Å²) in [6.07, 6.45) is -0.928. The average Bonchev–Trinajstić information content (AvgIpc) is 2.70. The number of rotatable bonds is 6. The van der Waals surface area contributed by atoms with Gasteiger partial charge in [-0.2, -0.15) is 13.2 Å². The number of benzene rings is 2. The summed E-state index contributed by atoms with van der Waals surface area (Å²) >= 11 is 0. The van der Waals surface area contributed by atoms with Gasteiger partial charge in [-0.25, -0.2) is 8.78 Å². The molecule has 0 radical (unpaired) electrons. The minimum absolute atomic E-state index is 0.00124. The fraction of sp³-hybridized carbons (Fsp3) is 0.318. The molecule has 2 N–H and O–H groups in total. The Balaban J connectivity index is 1.37. The first-order chi connectivity index (χ1) is 14.8. The molecule has 0 spiro atoms. The topological polar surface area (TPSA) is 54.4 Å². The van der Waals surface area contributed by atoms with E-state index in [1.165, 1.54) is 12.1 Å². The number of aliphatic hydroxyl groups is 1. The standard InChI is InChI=1S/C22H19F5N2O2/c23-20-2-1-14(8-19(20)22(25,26)27)31-15-6-13(7-15)29-10-18-16-3-4-28-9-17(16)12(11-30)5-21(18)24/h1-5,8-9,13,15,29-30H,6-7,10-11H2/t13-,15+. The third-order valence-electron chi connectivity index (χ3n) is 5.46. The zero-order chi connectivity index (χ0) is 22.2. The van der Waals surface area contributed by atoms with Gasteiger partial charge in [-0.15, -0.1) is 0 Å². The molecule has 2 aromatic carbocycles. The number of alkyl halides is 3. The maximum Gasteiger partial charge on any atom is 0.419 e. The number of fused-ring (bicyclic) bond motifs is 1. The van der Waals surface area contributed by atoms with E-state index in [4.69, 9.17) is 4.74 Å². The Morgan fingerprint density at radius 1 is 1.06 bits per heavy atom. The fourth-order valence-corrected chi connectivity index (χ4v) is 3.73. The zero-order valence-corrected chi connectivity index (χ0v) is 16.2. The van der Waals surface area contributed by atoms with Crippen molar-refractivity contribution in [1.82, 2.24) is 10.3 Å². The van der Waals surface area contributed by atoms with Crippen molar-refractivity contribution in [1.29, 1.82) is 0 Å². The van der Waals surface area contributed by atoms with Crippen molar-refractivity contribution in [2.45, 2.75) is 44.3 Å². The normalized spacial score (nSPS) is 18.8. The molecule has 164 valence electrons. The molecule has 0 amide bonds. The van der Waals surface area contributed by atoms with Gasteiger partial charge in [-0.3, -0.25) is 4.98 Å². The van der Waals surface area contributed by atoms with Gasteiger partial charge in [0.15, 0.2) is 0 Å². The maximum absolute atomic E-state index is 14.6. The highest BCUT2D eigenvalue weighted by molar-refractivity contribution is 5.88. The van der Waals surface area contributed by atoms with Crippen LogP contribution in [0.2, 0.25) is 0 Å². The number of hydrogen-bond acceptors (Lipinski definition) is 4. The first-order valence-corrected chi connectivity index (χ1v) is 9.68. The molecule has 0 bridgehead atoms. The average molecular weight is 438 g/mol. The quantitative estimate of drug-likeness (QED) is 0.547. The summed E-state index contributed by atoms with van der Waals surface area (Å²) in [5.41, 5.74) is -0.450. The molecular formula is C22H19F5N2O2. The summed E-state index contributed by atoms with van der Waals surface area (Å²) in [6, 6.07) is 5.55. The van der Waals surface area contributed by atoms with E-state index in [9.17, 15) is 27.1 Å². The van der Waals surface area contributed by atoms with Crippen LogP contribution in [0.5, 0.6) is 5.75 Å². The van der Waals surface area contributed by atoms with Crippen LogP contribution < -0.4 is 10.1 Å². The molecule has 1 saturated carbocycles. The SMILES string of the molecule is OCc1cc(F)c(CN[C@H]2C[C@@H](Oc3ccc(F)c(C(F)(F)F)c3)C2)c2ccncc12. The van der Waals surface area contributed by atoms with Crippen molar-refractivity contribution in [3.8, 4) is 5.75 Å². The summed E-state index contributed by atoms with van der Waals surface area (Å²) < 4.78 is 71.9. The number of aromatic nitrogens is 1. The summed E-state index contributed by atoms with van der Waals surface area (Å²) in [4.78, 5) is 4.03. The summed E-state index contributed by atoms with van der Waals surface area (Å²) in [5, 5.41) is 14.0. The molecular weight excluding hydrogens is 419 g/mol. The van der Waals surface area contributed by atoms with Gasteiger partial charge in [0.1, 0.15) is 23.5 Å². The van der Waals surface area contributed by atoms with Crippen molar-refractivity contribution in [3.05, 3.63) is 71.1 Å². The Hall–Kier alpha value is -2.78. The van der Waals surface area contributed by atoms with Crippen LogP contribution in [-0.2, 0) is 19.3 Å². The maximum atomic E-state index is 14.6. The Morgan fingerprint density at radius 2 is 1.84 bits per heavy atom. The van der Waals surface area contributed by atoms with Crippen molar-refractivity contribution < 1.29 is 31.8 Å². The first kappa shape index (κ1) is 21.5. The highest BCUT2D eigenvalue weighted by Gasteiger charge is 2.35. The molecule has 31 heavy (non-hydrogen) atoms. The number of aliphatic hydroxyl groups excluding tert-OH is 1. The Morgan fingerprint density at radius 3 is 2.55 bits per heavy atom. The van der Waals surface area contributed by atoms with Gasteiger partial charge in [0.25, 0.3) is 0 Å². The van der Waals surface area contributed by atoms with Crippen LogP contribution in [-0.4, -0.2) is 22.2 Å². The van der Waals surface area contributed by atoms with Gasteiger partial charge < -0.3 is 15.2 Å². The Labute approximate surface area is 174 Å². The molecule has 4 rings (SSSR count). The molecule has 1 aliphatic carbocycles. The van der Waals surface area contributed by atoms with E-state index in [0.717, 1.165) is 6.07 Å². The third kappa shape index (κ3) is 4.47. The van der Waals surface area contributed by atoms with Crippen LogP contribution in [0.25, 0.3) is 10.8 Å². The van der Waals surface area contributed by atoms with Gasteiger partial charge >= 0.3 is 6.18 Å². The van der Waals surface area contributed by atoms with Gasteiger partial charge in [-0.05, 0) is 54.1 Å². The predicted molar refractivity (Wildman–Crippen MR) is 103 cm³/mol. The summed E-state index contributed by atoms with van der Waals surface area (Å²) in [5.74, 6) is -1.82. The second-order valence-corrected chi connectivity index (χ2v) is 7.50. The first-order valence-electron chi connectivity index (χ1n) is 9.68. The van der Waals surface area contributed by atoms with Crippen LogP contribution in [0, 0.1) is 11.6 Å². The predicted octanol–water partition coefficient (Wildman–Crippen LogP) is 4.72. The van der Waals surface area contributed by atoms with E-state index in [2.05, 4.69) is 10.3 Å². The van der Waals surface area contributed by atoms with Gasteiger partial charge in [-0.1, -0.05) is 0 Å². The third-order valence-corrected chi connectivity index (χ3v) is 5.46. The van der Waals surface area contributed by atoms with Crippen LogP contribution in [0.3, 0.4) is 0 Å². The largest absolute Gasteiger partial charge is 0.490 e. The molecule has 1 heterocycles. The smallest absolute Gasteiger partial charge is 0.419 e. The highest BCUT2D eigenvalue weighted by Crippen LogP contribution is 2.35. The van der Waals surface area contributed by atoms with Crippen molar-refractivity contribution >= 4 is 10.8 Å². The zero-order valence-electron chi connectivity index (χ0n) is 16.2. The molecule has 0 unspecified atom stereocenters. The molecule has 0 aliphatic heterocycles. The Kier molecular flexibility index (Phi) is 5.81. The molecule has 1 aliphatic rings. The van der Waals surface area contributed by atoms with E-state index in [1.54, 1.807) is 18.5 Å². The van der Waals surface area contributed by atoms with Crippen LogP contribution >= 0.6 is 0 Å². The van der Waals surface area contributed by atoms with E-state index in [0.29, 0.717) is 40.8 Å². The molecule has 1 aromatic heterocycles. The number of ether oxygens (including phenoxy) is 1. The second-order valence-electron chi connectivity index (χ2n) is 7.50. The monoisotopic (exact) mass is 438 g/mol. The van der Waals surface area contributed by atoms with Crippen LogP contribution in [0.15, 0.2) is 42.7 Å². The molecule has 0 atom stereocenters. The van der Waals surface area contributed by atoms with E-state index >= 15 is 0 Å². The van der Waals surface area contributed by atoms with Crippen molar-refractivity contribution in [2.24, 2.45) is 0 Å². The second kappa shape index (κ2) is 8.39. The van der Waals surface area contributed by atoms with Crippen LogP contribution in [0.4, 0.5) is 22.0 Å². The van der Waals surface area contributed by atoms with Gasteiger partial charge in [0, 0.05) is 35.9 Å². The van der Waals surface area contributed by atoms with Crippen molar-refractivity contribution in [2.75, 3.05) is 0 Å². The lowest BCUT2D eigenvalue weighted by Crippen LogP contribution is -2.46. The minimum atomic E-state index is -4.79. The van der Waals surface area contributed by atoms with E-state index in [1.807, 2.05) is 0 Å². The highest BCUT2D eigenvalue weighted by atomic mass is 19.4. The molecule has 4 nitrogen and oxygen atoms in total. The number of nitrogens with one attached hydrogen (secondary N) is 1. The summed E-state index contributed by atoms with van der Waals surface area (Å²) in [6.45, 7) is -0.0574. The number of pyridine rings is 1. The van der Waals surface area contributed by atoms with E-state index < -0.39 is 23.4 Å².